The van der Waals surface area contributed by atoms with Crippen LogP contribution in [-0.2, 0) is 16.0 Å². The van der Waals surface area contributed by atoms with Crippen LogP contribution in [0.5, 0.6) is 0 Å². The molecule has 0 aromatic carbocycles. The van der Waals surface area contributed by atoms with Crippen LogP contribution >= 0.6 is 0 Å². The number of carbonyl (C=O) groups excluding carboxylic acids is 2. The van der Waals surface area contributed by atoms with E-state index in [1.807, 2.05) is 6.92 Å². The Balaban J connectivity index is 1.68. The van der Waals surface area contributed by atoms with Crippen molar-refractivity contribution in [1.82, 2.24) is 25.7 Å². The van der Waals surface area contributed by atoms with Gasteiger partial charge in [-0.3, -0.25) is 14.7 Å². The molecule has 0 spiro atoms. The number of nitrogens with zero attached hydrogens (tertiary/aromatic N) is 2. The molecule has 1 aliphatic heterocycles. The number of aryl methyl sites for hydroxylation is 2. The largest absolute Gasteiger partial charge is 0.348 e. The van der Waals surface area contributed by atoms with Crippen LogP contribution in [0.15, 0.2) is 6.20 Å². The van der Waals surface area contributed by atoms with E-state index in [9.17, 15) is 9.59 Å². The molecule has 0 saturated carbocycles. The minimum atomic E-state index is -0.499. The minimum Gasteiger partial charge on any atom is -0.348 e. The predicted octanol–water partition coefficient (Wildman–Crippen LogP) is -0.411. The van der Waals surface area contributed by atoms with E-state index in [-0.39, 0.29) is 0 Å². The summed E-state index contributed by atoms with van der Waals surface area (Å²) in [5.41, 5.74) is 2.20. The molecule has 1 aliphatic rings. The molecule has 0 bridgehead atoms. The van der Waals surface area contributed by atoms with Gasteiger partial charge in [-0.25, -0.2) is 0 Å². The lowest BCUT2D eigenvalue weighted by Gasteiger charge is -2.19. The van der Waals surface area contributed by atoms with Crippen molar-refractivity contribution in [3.8, 4) is 0 Å². The zero-order valence-corrected chi connectivity index (χ0v) is 12.4. The van der Waals surface area contributed by atoms with Crippen molar-refractivity contribution < 1.29 is 9.59 Å². The third kappa shape index (κ3) is 4.56. The monoisotopic (exact) mass is 293 g/mol. The number of nitrogens with one attached hydrogen (secondary N) is 3. The summed E-state index contributed by atoms with van der Waals surface area (Å²) >= 11 is 0. The number of hydrogen-bond acceptors (Lipinski definition) is 4. The molecule has 1 aromatic rings. The van der Waals surface area contributed by atoms with Gasteiger partial charge in [-0.15, -0.1) is 0 Å². The first-order valence-electron chi connectivity index (χ1n) is 7.45. The van der Waals surface area contributed by atoms with Crippen molar-refractivity contribution in [1.29, 1.82) is 0 Å². The van der Waals surface area contributed by atoms with Crippen molar-refractivity contribution in [2.24, 2.45) is 0 Å². The highest BCUT2D eigenvalue weighted by molar-refractivity contribution is 6.35. The second-order valence-corrected chi connectivity index (χ2v) is 5.28. The summed E-state index contributed by atoms with van der Waals surface area (Å²) in [6.07, 6.45) is 4.32. The van der Waals surface area contributed by atoms with E-state index in [4.69, 9.17) is 0 Å². The van der Waals surface area contributed by atoms with E-state index < -0.39 is 11.8 Å². The van der Waals surface area contributed by atoms with Crippen LogP contribution in [-0.4, -0.2) is 59.6 Å². The van der Waals surface area contributed by atoms with Crippen LogP contribution in [0.3, 0.4) is 0 Å². The molecule has 1 fully saturated rings. The Morgan fingerprint density at radius 2 is 2.24 bits per heavy atom. The van der Waals surface area contributed by atoms with Crippen LogP contribution in [0.4, 0.5) is 0 Å². The maximum atomic E-state index is 12.0. The zero-order valence-electron chi connectivity index (χ0n) is 12.4. The molecule has 7 heteroatoms. The standard InChI is InChI=1S/C14H23N5O2/c1-11-12(10-17-18-11)4-2-6-16-13(20)14(21)19-8-3-5-15-7-9-19/h10,15H,2-9H2,1H3,(H,16,20)(H,17,18). The SMILES string of the molecule is Cc1[nH]ncc1CCCNC(=O)C(=O)N1CCCNCC1. The van der Waals surface area contributed by atoms with Gasteiger partial charge in [0.1, 0.15) is 0 Å². The van der Waals surface area contributed by atoms with Gasteiger partial charge in [0.2, 0.25) is 0 Å². The number of aromatic nitrogens is 2. The van der Waals surface area contributed by atoms with Gasteiger partial charge < -0.3 is 15.5 Å². The van der Waals surface area contributed by atoms with Crippen molar-refractivity contribution in [3.05, 3.63) is 17.5 Å². The lowest BCUT2D eigenvalue weighted by molar-refractivity contribution is -0.145. The molecule has 0 aliphatic carbocycles. The fourth-order valence-corrected chi connectivity index (χ4v) is 2.38. The average Bonchev–Trinajstić information content (AvgIpc) is 2.74. The maximum Gasteiger partial charge on any atom is 0.311 e. The molecule has 116 valence electrons. The molecular weight excluding hydrogens is 270 g/mol. The number of rotatable bonds is 4. The normalized spacial score (nSPS) is 15.6. The molecule has 0 unspecified atom stereocenters. The van der Waals surface area contributed by atoms with Gasteiger partial charge >= 0.3 is 11.8 Å². The maximum absolute atomic E-state index is 12.0. The number of carbonyl (C=O) groups is 2. The molecule has 1 aromatic heterocycles. The van der Waals surface area contributed by atoms with Crippen LogP contribution in [0.25, 0.3) is 0 Å². The molecule has 2 heterocycles. The van der Waals surface area contributed by atoms with Crippen molar-refractivity contribution in [3.63, 3.8) is 0 Å². The first kappa shape index (κ1) is 15.5. The smallest absolute Gasteiger partial charge is 0.311 e. The Labute approximate surface area is 124 Å². The van der Waals surface area contributed by atoms with Crippen LogP contribution < -0.4 is 10.6 Å². The number of hydrogen-bond donors (Lipinski definition) is 3. The molecule has 2 rings (SSSR count). The van der Waals surface area contributed by atoms with E-state index in [2.05, 4.69) is 20.8 Å². The van der Waals surface area contributed by atoms with Crippen molar-refractivity contribution in [2.75, 3.05) is 32.7 Å². The summed E-state index contributed by atoms with van der Waals surface area (Å²) in [6.45, 7) is 5.36. The molecule has 7 nitrogen and oxygen atoms in total. The first-order valence-corrected chi connectivity index (χ1v) is 7.45. The highest BCUT2D eigenvalue weighted by Gasteiger charge is 2.21. The summed E-state index contributed by atoms with van der Waals surface area (Å²) in [5, 5.41) is 12.7. The number of amides is 2. The molecular formula is C14H23N5O2. The predicted molar refractivity (Wildman–Crippen MR) is 78.7 cm³/mol. The van der Waals surface area contributed by atoms with Crippen LogP contribution in [0, 0.1) is 6.92 Å². The third-order valence-corrected chi connectivity index (χ3v) is 3.66. The minimum absolute atomic E-state index is 0.418. The lowest BCUT2D eigenvalue weighted by atomic mass is 10.1. The third-order valence-electron chi connectivity index (χ3n) is 3.66. The molecule has 0 radical (unpaired) electrons. The molecule has 21 heavy (non-hydrogen) atoms. The van der Waals surface area contributed by atoms with E-state index in [0.717, 1.165) is 43.6 Å². The number of H-pyrrole nitrogens is 1. The van der Waals surface area contributed by atoms with Crippen molar-refractivity contribution >= 4 is 11.8 Å². The first-order chi connectivity index (χ1) is 10.2. The highest BCUT2D eigenvalue weighted by atomic mass is 16.2. The summed E-state index contributed by atoms with van der Waals surface area (Å²) < 4.78 is 0. The van der Waals surface area contributed by atoms with Gasteiger partial charge in [-0.2, -0.15) is 5.10 Å². The highest BCUT2D eigenvalue weighted by Crippen LogP contribution is 2.05. The molecule has 3 N–H and O–H groups in total. The topological polar surface area (TPSA) is 90.1 Å². The fraction of sp³-hybridized carbons (Fsp3) is 0.643. The van der Waals surface area contributed by atoms with Gasteiger partial charge in [0.05, 0.1) is 6.20 Å². The van der Waals surface area contributed by atoms with Gasteiger partial charge in [0, 0.05) is 31.9 Å². The molecule has 1 saturated heterocycles. The number of aromatic amines is 1. The van der Waals surface area contributed by atoms with E-state index >= 15 is 0 Å². The Morgan fingerprint density at radius 1 is 1.38 bits per heavy atom. The van der Waals surface area contributed by atoms with E-state index in [0.29, 0.717) is 19.6 Å². The van der Waals surface area contributed by atoms with Gasteiger partial charge in [0.15, 0.2) is 0 Å². The summed E-state index contributed by atoms with van der Waals surface area (Å²) in [5.74, 6) is -0.918. The van der Waals surface area contributed by atoms with E-state index in [1.54, 1.807) is 11.1 Å². The van der Waals surface area contributed by atoms with E-state index in [1.165, 1.54) is 0 Å². The summed E-state index contributed by atoms with van der Waals surface area (Å²) in [7, 11) is 0. The van der Waals surface area contributed by atoms with Crippen molar-refractivity contribution in [2.45, 2.75) is 26.2 Å². The van der Waals surface area contributed by atoms with Gasteiger partial charge in [-0.05, 0) is 38.3 Å². The Bertz CT molecular complexity index is 477. The zero-order chi connectivity index (χ0) is 15.1. The summed E-state index contributed by atoms with van der Waals surface area (Å²) in [4.78, 5) is 25.5. The second-order valence-electron chi connectivity index (χ2n) is 5.28. The lowest BCUT2D eigenvalue weighted by Crippen LogP contribution is -2.44. The Hall–Kier alpha value is -1.89. The van der Waals surface area contributed by atoms with Crippen LogP contribution in [0.2, 0.25) is 0 Å². The second kappa shape index (κ2) is 7.78. The Morgan fingerprint density at radius 3 is 3.00 bits per heavy atom. The molecule has 2 amide bonds. The fourth-order valence-electron chi connectivity index (χ4n) is 2.38. The van der Waals surface area contributed by atoms with Crippen LogP contribution in [0.1, 0.15) is 24.1 Å². The quantitative estimate of drug-likeness (QED) is 0.520. The molecule has 0 atom stereocenters. The Kier molecular flexibility index (Phi) is 5.74. The average molecular weight is 293 g/mol. The summed E-state index contributed by atoms with van der Waals surface area (Å²) in [6, 6.07) is 0. The van der Waals surface area contributed by atoms with Gasteiger partial charge in [-0.1, -0.05) is 0 Å². The van der Waals surface area contributed by atoms with Gasteiger partial charge in [0.25, 0.3) is 0 Å².